The molecule has 1 N–H and O–H groups in total. The van der Waals surface area contributed by atoms with E-state index in [4.69, 9.17) is 16.3 Å². The topological polar surface area (TPSA) is 69.0 Å². The van der Waals surface area contributed by atoms with E-state index in [2.05, 4.69) is 38.5 Å². The molecule has 0 radical (unpaired) electrons. The van der Waals surface area contributed by atoms with Gasteiger partial charge < -0.3 is 10.1 Å². The molecule has 3 rings (SSSR count). The first-order valence-electron chi connectivity index (χ1n) is 8.45. The minimum absolute atomic E-state index is 0.305. The third-order valence-electron chi connectivity index (χ3n) is 3.90. The minimum Gasteiger partial charge on any atom is -0.495 e. The monoisotopic (exact) mass is 480 g/mol. The lowest BCUT2D eigenvalue weighted by molar-refractivity contribution is 0.101. The van der Waals surface area contributed by atoms with Crippen LogP contribution in [0.3, 0.4) is 0 Å². The summed E-state index contributed by atoms with van der Waals surface area (Å²) in [5.74, 6) is 1.68. The highest BCUT2D eigenvalue weighted by Crippen LogP contribution is 2.29. The van der Waals surface area contributed by atoms with Gasteiger partial charge in [-0.05, 0) is 36.1 Å². The predicted molar refractivity (Wildman–Crippen MR) is 117 cm³/mol. The van der Waals surface area contributed by atoms with Crippen LogP contribution >= 0.6 is 39.3 Å². The molecule has 0 aliphatic carbocycles. The number of methoxy groups -OCH3 is 1. The van der Waals surface area contributed by atoms with Crippen molar-refractivity contribution < 1.29 is 9.53 Å². The van der Waals surface area contributed by atoms with Crippen molar-refractivity contribution in [1.82, 2.24) is 15.0 Å². The molecule has 0 atom stereocenters. The second-order valence-electron chi connectivity index (χ2n) is 5.72. The van der Waals surface area contributed by atoms with E-state index in [9.17, 15) is 4.79 Å². The molecule has 0 aliphatic heterocycles. The van der Waals surface area contributed by atoms with Crippen molar-refractivity contribution >= 4 is 50.9 Å². The van der Waals surface area contributed by atoms with Crippen LogP contribution in [-0.4, -0.2) is 33.8 Å². The number of hydrogen-bond donors (Lipinski definition) is 1. The van der Waals surface area contributed by atoms with Crippen LogP contribution in [0.15, 0.2) is 46.9 Å². The van der Waals surface area contributed by atoms with Gasteiger partial charge in [-0.2, -0.15) is 0 Å². The Kier molecular flexibility index (Phi) is 6.98. The van der Waals surface area contributed by atoms with Crippen molar-refractivity contribution in [3.05, 3.63) is 57.7 Å². The van der Waals surface area contributed by atoms with E-state index >= 15 is 0 Å². The highest BCUT2D eigenvalue weighted by molar-refractivity contribution is 9.10. The average molecular weight is 482 g/mol. The van der Waals surface area contributed by atoms with Crippen LogP contribution in [0.5, 0.6) is 5.75 Å². The Hall–Kier alpha value is -2.03. The molecule has 0 unspecified atom stereocenters. The number of anilines is 1. The van der Waals surface area contributed by atoms with Crippen LogP contribution in [0.1, 0.15) is 17.4 Å². The number of thioether (sulfide) groups is 1. The summed E-state index contributed by atoms with van der Waals surface area (Å²) in [7, 11) is 1.54. The summed E-state index contributed by atoms with van der Waals surface area (Å²) in [5, 5.41) is 11.7. The minimum atomic E-state index is -0.305. The second-order valence-corrected chi connectivity index (χ2v) is 8.29. The lowest BCUT2D eigenvalue weighted by Crippen LogP contribution is -2.18. The molecule has 146 valence electrons. The van der Waals surface area contributed by atoms with Crippen LogP contribution in [0.25, 0.3) is 11.3 Å². The molecule has 2 aromatic carbocycles. The van der Waals surface area contributed by atoms with E-state index in [1.54, 1.807) is 41.8 Å². The predicted octanol–water partition coefficient (Wildman–Crippen LogP) is 5.33. The van der Waals surface area contributed by atoms with Crippen molar-refractivity contribution in [2.75, 3.05) is 18.2 Å². The van der Waals surface area contributed by atoms with Crippen LogP contribution < -0.4 is 10.1 Å². The van der Waals surface area contributed by atoms with Crippen molar-refractivity contribution in [2.24, 2.45) is 0 Å². The van der Waals surface area contributed by atoms with E-state index in [0.29, 0.717) is 33.7 Å². The number of nitrogens with one attached hydrogen (secondary N) is 1. The van der Waals surface area contributed by atoms with Gasteiger partial charge in [-0.25, -0.2) is 4.68 Å². The molecule has 1 aromatic heterocycles. The highest BCUT2D eigenvalue weighted by atomic mass is 79.9. The Morgan fingerprint density at radius 1 is 1.29 bits per heavy atom. The summed E-state index contributed by atoms with van der Waals surface area (Å²) in [6.07, 6.45) is 0. The van der Waals surface area contributed by atoms with Crippen molar-refractivity contribution in [1.29, 1.82) is 0 Å². The molecule has 1 heterocycles. The number of carbonyl (C=O) groups excluding carboxylic acids is 1. The van der Waals surface area contributed by atoms with Crippen molar-refractivity contribution in [3.8, 4) is 17.0 Å². The number of nitrogens with zero attached hydrogens (tertiary/aromatic N) is 3. The molecule has 9 heteroatoms. The van der Waals surface area contributed by atoms with Gasteiger partial charge >= 0.3 is 0 Å². The first-order chi connectivity index (χ1) is 13.5. The van der Waals surface area contributed by atoms with Gasteiger partial charge in [0.1, 0.15) is 11.4 Å². The van der Waals surface area contributed by atoms with Crippen molar-refractivity contribution in [3.63, 3.8) is 0 Å². The maximum absolute atomic E-state index is 13.1. The Morgan fingerprint density at radius 3 is 2.68 bits per heavy atom. The molecule has 1 amide bonds. The lowest BCUT2D eigenvalue weighted by atomic mass is 10.1. The van der Waals surface area contributed by atoms with E-state index in [1.165, 1.54) is 0 Å². The zero-order valence-electron chi connectivity index (χ0n) is 15.3. The fraction of sp³-hybridized carbons (Fsp3) is 0.211. The summed E-state index contributed by atoms with van der Waals surface area (Å²) in [6.45, 7) is 2.05. The quantitative estimate of drug-likeness (QED) is 0.494. The van der Waals surface area contributed by atoms with Crippen LogP contribution in [0.4, 0.5) is 5.69 Å². The number of rotatable bonds is 7. The fourth-order valence-electron chi connectivity index (χ4n) is 2.54. The van der Waals surface area contributed by atoms with E-state index in [1.807, 2.05) is 24.3 Å². The Balaban J connectivity index is 1.95. The molecule has 0 saturated heterocycles. The summed E-state index contributed by atoms with van der Waals surface area (Å²) < 4.78 is 7.72. The number of amides is 1. The maximum atomic E-state index is 13.1. The second kappa shape index (κ2) is 9.45. The van der Waals surface area contributed by atoms with Gasteiger partial charge in [0.15, 0.2) is 5.69 Å². The molecule has 0 saturated carbocycles. The standard InChI is InChI=1S/C19H18BrClN4O2S/c1-3-28-11-25-18(17(23-24-25)12-4-6-13(20)7-5-12)19(26)22-14-8-9-16(27-2)15(21)10-14/h4-10H,3,11H2,1-2H3,(H,22,26). The van der Waals surface area contributed by atoms with E-state index < -0.39 is 0 Å². The SMILES string of the molecule is CCSCn1nnc(-c2ccc(Br)cc2)c1C(=O)Nc1ccc(OC)c(Cl)c1. The first-order valence-corrected chi connectivity index (χ1v) is 10.8. The third kappa shape index (κ3) is 4.68. The first kappa shape index (κ1) is 20.7. The molecule has 6 nitrogen and oxygen atoms in total. The number of hydrogen-bond acceptors (Lipinski definition) is 5. The normalized spacial score (nSPS) is 10.7. The van der Waals surface area contributed by atoms with Gasteiger partial charge in [0, 0.05) is 15.7 Å². The lowest BCUT2D eigenvalue weighted by Gasteiger charge is -2.10. The molecule has 0 spiro atoms. The third-order valence-corrected chi connectivity index (χ3v) is 5.55. The highest BCUT2D eigenvalue weighted by Gasteiger charge is 2.22. The van der Waals surface area contributed by atoms with Crippen LogP contribution in [-0.2, 0) is 5.88 Å². The maximum Gasteiger partial charge on any atom is 0.276 e. The van der Waals surface area contributed by atoms with Crippen molar-refractivity contribution in [2.45, 2.75) is 12.8 Å². The Morgan fingerprint density at radius 2 is 2.04 bits per heavy atom. The number of ether oxygens (including phenoxy) is 1. The summed E-state index contributed by atoms with van der Waals surface area (Å²) in [4.78, 5) is 13.1. The molecule has 3 aromatic rings. The molecule has 0 bridgehead atoms. The number of aromatic nitrogens is 3. The van der Waals surface area contributed by atoms with Gasteiger partial charge in [-0.15, -0.1) is 16.9 Å². The molecule has 0 aliphatic rings. The fourth-order valence-corrected chi connectivity index (χ4v) is 3.60. The Bertz CT molecular complexity index is 979. The van der Waals surface area contributed by atoms with Gasteiger partial charge in [0.2, 0.25) is 0 Å². The van der Waals surface area contributed by atoms with E-state index in [-0.39, 0.29) is 5.91 Å². The number of carbonyl (C=O) groups is 1. The number of benzene rings is 2. The van der Waals surface area contributed by atoms with Crippen LogP contribution in [0, 0.1) is 0 Å². The van der Waals surface area contributed by atoms with E-state index in [0.717, 1.165) is 15.8 Å². The zero-order valence-corrected chi connectivity index (χ0v) is 18.4. The molecular weight excluding hydrogens is 464 g/mol. The summed E-state index contributed by atoms with van der Waals surface area (Å²) >= 11 is 11.2. The molecular formula is C19H18BrClN4O2S. The van der Waals surface area contributed by atoms with Gasteiger partial charge in [0.05, 0.1) is 18.0 Å². The largest absolute Gasteiger partial charge is 0.495 e. The molecule has 0 fully saturated rings. The zero-order chi connectivity index (χ0) is 20.1. The molecule has 28 heavy (non-hydrogen) atoms. The van der Waals surface area contributed by atoms with Crippen LogP contribution in [0.2, 0.25) is 5.02 Å². The Labute approximate surface area is 180 Å². The average Bonchev–Trinajstić information content (AvgIpc) is 3.11. The number of halogens is 2. The van der Waals surface area contributed by atoms with Gasteiger partial charge in [-0.3, -0.25) is 4.79 Å². The van der Waals surface area contributed by atoms with Gasteiger partial charge in [0.25, 0.3) is 5.91 Å². The smallest absolute Gasteiger partial charge is 0.276 e. The summed E-state index contributed by atoms with van der Waals surface area (Å²) in [6, 6.07) is 12.7. The summed E-state index contributed by atoms with van der Waals surface area (Å²) in [5.41, 5.74) is 2.30. The van der Waals surface area contributed by atoms with Gasteiger partial charge in [-0.1, -0.05) is 51.8 Å².